The van der Waals surface area contributed by atoms with Crippen molar-refractivity contribution in [3.63, 3.8) is 0 Å². The number of rotatable bonds is 17. The van der Waals surface area contributed by atoms with Crippen molar-refractivity contribution in [1.82, 2.24) is 0 Å². The van der Waals surface area contributed by atoms with E-state index in [9.17, 15) is 19.5 Å². The van der Waals surface area contributed by atoms with Gasteiger partial charge >= 0.3 is 17.8 Å². The van der Waals surface area contributed by atoms with Gasteiger partial charge in [-0.15, -0.1) is 0 Å². The van der Waals surface area contributed by atoms with Crippen LogP contribution in [0.1, 0.15) is 129 Å². The fourth-order valence-corrected chi connectivity index (χ4v) is 9.30. The molecule has 0 saturated carbocycles. The first-order valence-electron chi connectivity index (χ1n) is 27.0. The topological polar surface area (TPSA) is 196 Å². The molecule has 7 rings (SSSR count). The van der Waals surface area contributed by atoms with E-state index in [4.69, 9.17) is 44.0 Å². The zero-order chi connectivity index (χ0) is 55.9. The Morgan fingerprint density at radius 1 is 0.618 bits per heavy atom. The molecule has 0 bridgehead atoms. The Balaban J connectivity index is 0.000000239. The van der Waals surface area contributed by atoms with Crippen molar-refractivity contribution in [2.45, 2.75) is 157 Å². The van der Waals surface area contributed by atoms with Crippen molar-refractivity contribution in [2.24, 2.45) is 33.1 Å². The van der Waals surface area contributed by atoms with E-state index in [2.05, 4.69) is 114 Å². The molecule has 4 aromatic carbocycles. The minimum atomic E-state index is -0.960. The van der Waals surface area contributed by atoms with E-state index in [1.165, 1.54) is 50.2 Å². The summed E-state index contributed by atoms with van der Waals surface area (Å²) >= 11 is 0. The molecule has 418 valence electrons. The molecule has 0 spiro atoms. The molecule has 0 aliphatic carbocycles. The minimum absolute atomic E-state index is 0.116. The van der Waals surface area contributed by atoms with Crippen molar-refractivity contribution >= 4 is 11.9 Å². The normalized spacial score (nSPS) is 18.0. The van der Waals surface area contributed by atoms with E-state index in [-0.39, 0.29) is 43.0 Å². The molecule has 13 nitrogen and oxygen atoms in total. The second kappa shape index (κ2) is 30.5. The lowest BCUT2D eigenvalue weighted by Crippen LogP contribution is -2.42. The van der Waals surface area contributed by atoms with Gasteiger partial charge in [0.25, 0.3) is 0 Å². The van der Waals surface area contributed by atoms with Gasteiger partial charge in [0, 0.05) is 31.7 Å². The van der Waals surface area contributed by atoms with Crippen LogP contribution in [0.2, 0.25) is 0 Å². The number of nitrogens with two attached hydrogens (primary N) is 2. The molecule has 2 fully saturated rings. The number of methoxy groups -OCH3 is 2. The van der Waals surface area contributed by atoms with Gasteiger partial charge in [-0.1, -0.05) is 151 Å². The molecule has 0 amide bonds. The average Bonchev–Trinajstić information content (AvgIpc) is 3.72. The summed E-state index contributed by atoms with van der Waals surface area (Å²) in [5.41, 5.74) is 18.3. The third-order valence-electron chi connectivity index (χ3n) is 13.6. The first-order chi connectivity index (χ1) is 36.0. The number of ether oxygens (including phenoxy) is 5. The van der Waals surface area contributed by atoms with Gasteiger partial charge in [-0.2, -0.15) is 0 Å². The zero-order valence-electron chi connectivity index (χ0n) is 47.5. The summed E-state index contributed by atoms with van der Waals surface area (Å²) < 4.78 is 36.6. The summed E-state index contributed by atoms with van der Waals surface area (Å²) in [6, 6.07) is 36.7. The number of hydrogen-bond acceptors (Lipinski definition) is 13. The minimum Gasteiger partial charge on any atom is -0.469 e. The predicted molar refractivity (Wildman–Crippen MR) is 301 cm³/mol. The summed E-state index contributed by atoms with van der Waals surface area (Å²) in [5.74, 6) is -0.0813. The molecule has 13 heteroatoms. The Bertz CT molecular complexity index is 2480. The molecule has 2 aliphatic heterocycles. The molecule has 1 aromatic heterocycles. The van der Waals surface area contributed by atoms with Crippen LogP contribution >= 0.6 is 0 Å². The van der Waals surface area contributed by atoms with Gasteiger partial charge in [0.1, 0.15) is 11.5 Å². The maximum atomic E-state index is 12.5. The van der Waals surface area contributed by atoms with E-state index in [0.29, 0.717) is 55.3 Å². The van der Waals surface area contributed by atoms with Gasteiger partial charge in [-0.05, 0) is 129 Å². The maximum absolute atomic E-state index is 12.5. The van der Waals surface area contributed by atoms with Gasteiger partial charge in [0.15, 0.2) is 6.29 Å². The molecule has 2 aliphatic rings. The van der Waals surface area contributed by atoms with E-state index in [1.54, 1.807) is 13.8 Å². The maximum Gasteiger partial charge on any atom is 0.519 e. The van der Waals surface area contributed by atoms with Crippen LogP contribution in [0, 0.1) is 28.6 Å². The first-order valence-corrected chi connectivity index (χ1v) is 27.0. The van der Waals surface area contributed by atoms with Crippen LogP contribution < -0.4 is 17.3 Å². The van der Waals surface area contributed by atoms with E-state index in [1.807, 2.05) is 43.3 Å². The fourth-order valence-electron chi connectivity index (χ4n) is 9.30. The van der Waals surface area contributed by atoms with Crippen LogP contribution in [0.5, 0.6) is 0 Å². The largest absolute Gasteiger partial charge is 0.519 e. The predicted octanol–water partition coefficient (Wildman–Crippen LogP) is 11.9. The Morgan fingerprint density at radius 3 is 1.43 bits per heavy atom. The van der Waals surface area contributed by atoms with Crippen molar-refractivity contribution in [3.05, 3.63) is 142 Å². The Kier molecular flexibility index (Phi) is 25.3. The van der Waals surface area contributed by atoms with Crippen molar-refractivity contribution < 1.29 is 47.2 Å². The highest BCUT2D eigenvalue weighted by Crippen LogP contribution is 2.31. The van der Waals surface area contributed by atoms with Crippen LogP contribution in [-0.4, -0.2) is 82.2 Å². The second-order valence-electron chi connectivity index (χ2n) is 23.2. The van der Waals surface area contributed by atoms with Crippen molar-refractivity contribution in [3.8, 4) is 22.3 Å². The average molecular weight is 1050 g/mol. The molecule has 3 heterocycles. The number of aryl methyl sites for hydroxylation is 1. The number of benzene rings is 4. The number of hydrogen-bond donors (Lipinski definition) is 3. The first kappa shape index (κ1) is 63.1. The van der Waals surface area contributed by atoms with Crippen molar-refractivity contribution in [1.29, 1.82) is 0 Å². The lowest BCUT2D eigenvalue weighted by molar-refractivity contribution is -0.188. The van der Waals surface area contributed by atoms with Gasteiger partial charge in [-0.25, -0.2) is 4.79 Å². The van der Waals surface area contributed by atoms with Crippen LogP contribution in [-0.2, 0) is 52.5 Å². The highest BCUT2D eigenvalue weighted by atomic mass is 16.7. The smallest absolute Gasteiger partial charge is 0.469 e. The number of carbonyl (C=O) groups is 2. The van der Waals surface area contributed by atoms with Gasteiger partial charge in [0.05, 0.1) is 44.4 Å². The van der Waals surface area contributed by atoms with Gasteiger partial charge in [-0.3, -0.25) is 9.59 Å². The summed E-state index contributed by atoms with van der Waals surface area (Å²) in [6.45, 7) is 19.9. The quantitative estimate of drug-likeness (QED) is 0.0745. The number of aliphatic hydroxyl groups is 1. The Morgan fingerprint density at radius 2 is 1.07 bits per heavy atom. The van der Waals surface area contributed by atoms with Gasteiger partial charge < -0.3 is 49.1 Å². The Labute approximate surface area is 453 Å². The SMILES string of the molecule is CC(C)(C)C1CCCCO1.COC(=O)[C@](C)(CO)C[C@H](N)Cc1ccc(-c2ccccc2)cc1.COC(=O)[C@](C)(COC1CCCCO1)C[C@H](N)Cc1ccc(-c2ccccc2)cc1.Cc1oc(=O)oc1CC(C)(C)C. The third kappa shape index (κ3) is 21.5. The molecule has 5 aromatic rings. The highest BCUT2D eigenvalue weighted by Gasteiger charge is 2.38. The lowest BCUT2D eigenvalue weighted by Gasteiger charge is -2.33. The highest BCUT2D eigenvalue weighted by molar-refractivity contribution is 5.77. The van der Waals surface area contributed by atoms with E-state index >= 15 is 0 Å². The van der Waals surface area contributed by atoms with Crippen LogP contribution in [0.15, 0.2) is 123 Å². The van der Waals surface area contributed by atoms with E-state index < -0.39 is 22.6 Å². The summed E-state index contributed by atoms with van der Waals surface area (Å²) in [5, 5.41) is 9.51. The number of aliphatic hydroxyl groups excluding tert-OH is 1. The molecule has 5 N–H and O–H groups in total. The van der Waals surface area contributed by atoms with Crippen LogP contribution in [0.3, 0.4) is 0 Å². The lowest BCUT2D eigenvalue weighted by atomic mass is 9.82. The van der Waals surface area contributed by atoms with Crippen LogP contribution in [0.25, 0.3) is 22.3 Å². The standard InChI is InChI=1S/C25H33NO4.C20H25NO3.C9H14O3.C9H18O/c1-25(24(27)28-2,18-30-23-10-6-7-15-29-23)17-22(26)16-19-11-13-21(14-12-19)20-8-4-3-5-9-20;1-20(14-22,19(23)24-2)13-18(21)12-15-8-10-17(11-9-15)16-6-4-3-5-7-16;1-6-7(5-9(2,3)4)12-8(10)11-6;1-9(2,3)8-6-4-5-7-10-8/h3-5,8-9,11-14,22-23H,6-7,10,15-18,26H2,1-2H3;3-11,18,22H,12-14,21H2,1-2H3;5H2,1-4H3;8H,4-7H2,1-3H3/t22-,23?,25+;18-,20+;;/m11../s1. The summed E-state index contributed by atoms with van der Waals surface area (Å²) in [7, 11) is 2.73. The van der Waals surface area contributed by atoms with Crippen LogP contribution in [0.4, 0.5) is 0 Å². The van der Waals surface area contributed by atoms with Gasteiger partial charge in [0.2, 0.25) is 0 Å². The molecule has 2 unspecified atom stereocenters. The monoisotopic (exact) mass is 1050 g/mol. The second-order valence-corrected chi connectivity index (χ2v) is 23.2. The molecular formula is C63H90N2O11. The Hall–Kier alpha value is -5.41. The third-order valence-corrected chi connectivity index (χ3v) is 13.6. The zero-order valence-corrected chi connectivity index (χ0v) is 47.5. The summed E-state index contributed by atoms with van der Waals surface area (Å²) in [6.07, 6.45) is 10.0. The number of carbonyl (C=O) groups excluding carboxylic acids is 2. The fraction of sp³-hybridized carbons (Fsp3) is 0.540. The molecule has 2 saturated heterocycles. The molecule has 6 atom stereocenters. The molecular weight excluding hydrogens is 961 g/mol. The number of esters is 2. The van der Waals surface area contributed by atoms with E-state index in [0.717, 1.165) is 49.0 Å². The summed E-state index contributed by atoms with van der Waals surface area (Å²) in [4.78, 5) is 35.0. The molecule has 76 heavy (non-hydrogen) atoms. The molecule has 0 radical (unpaired) electrons. The van der Waals surface area contributed by atoms with Crippen molar-refractivity contribution in [2.75, 3.05) is 40.6 Å².